The van der Waals surface area contributed by atoms with Crippen molar-refractivity contribution in [3.05, 3.63) is 0 Å². The zero-order chi connectivity index (χ0) is 12.9. The second-order valence-corrected chi connectivity index (χ2v) is 7.11. The van der Waals surface area contributed by atoms with Gasteiger partial charge in [0, 0.05) is 24.4 Å². The van der Waals surface area contributed by atoms with Gasteiger partial charge in [0.25, 0.3) is 0 Å². The highest BCUT2D eigenvalue weighted by Crippen LogP contribution is 2.54. The van der Waals surface area contributed by atoms with Gasteiger partial charge in [-0.2, -0.15) is 0 Å². The fraction of sp³-hybridized carbons (Fsp3) is 0.857. The van der Waals surface area contributed by atoms with Gasteiger partial charge in [-0.1, -0.05) is 19.1 Å². The van der Waals surface area contributed by atoms with Gasteiger partial charge in [0.05, 0.1) is 4.99 Å². The largest absolute Gasteiger partial charge is 0.393 e. The van der Waals surface area contributed by atoms with Crippen LogP contribution in [0.25, 0.3) is 0 Å². The Bertz CT molecular complexity index is 377. The van der Waals surface area contributed by atoms with Crippen molar-refractivity contribution in [1.82, 2.24) is 4.90 Å². The molecule has 1 saturated heterocycles. The van der Waals surface area contributed by atoms with Crippen LogP contribution in [0, 0.1) is 23.2 Å². The number of nitrogens with two attached hydrogens (primary N) is 1. The average molecular weight is 266 g/mol. The van der Waals surface area contributed by atoms with E-state index in [-0.39, 0.29) is 5.41 Å². The van der Waals surface area contributed by atoms with Crippen LogP contribution >= 0.6 is 12.2 Å². The molecule has 4 heteroatoms. The molecule has 18 heavy (non-hydrogen) atoms. The number of carbonyl (C=O) groups is 1. The van der Waals surface area contributed by atoms with E-state index in [1.807, 2.05) is 0 Å². The Labute approximate surface area is 114 Å². The summed E-state index contributed by atoms with van der Waals surface area (Å²) in [4.78, 5) is 15.1. The predicted molar refractivity (Wildman–Crippen MR) is 75.0 cm³/mol. The molecule has 2 N–H and O–H groups in total. The lowest BCUT2D eigenvalue weighted by Gasteiger charge is -2.39. The molecule has 2 atom stereocenters. The Balaban J connectivity index is 1.56. The molecule has 100 valence electrons. The lowest BCUT2D eigenvalue weighted by molar-refractivity contribution is -0.137. The number of rotatable bonds is 2. The Kier molecular flexibility index (Phi) is 2.88. The first-order valence-corrected chi connectivity index (χ1v) is 7.49. The molecular weight excluding hydrogens is 244 g/mol. The lowest BCUT2D eigenvalue weighted by Crippen LogP contribution is -2.48. The van der Waals surface area contributed by atoms with E-state index in [9.17, 15) is 4.79 Å². The molecule has 0 aromatic carbocycles. The summed E-state index contributed by atoms with van der Waals surface area (Å²) < 4.78 is 0. The van der Waals surface area contributed by atoms with Crippen molar-refractivity contribution in [2.45, 2.75) is 39.0 Å². The first-order valence-electron chi connectivity index (χ1n) is 7.08. The third-order valence-corrected chi connectivity index (χ3v) is 5.86. The Hall–Kier alpha value is -0.640. The second kappa shape index (κ2) is 4.19. The van der Waals surface area contributed by atoms with Crippen LogP contribution in [0.1, 0.15) is 39.0 Å². The number of likely N-dealkylation sites (tertiary alicyclic amines) is 1. The second-order valence-electron chi connectivity index (χ2n) is 6.67. The SMILES string of the molecule is CC1(C(N)=S)CCN(C(=O)C2CC3CC3C2)CC1. The standard InChI is InChI=1S/C14H22N2OS/c1-14(13(15)18)2-4-16(5-3-14)12(17)11-7-9-6-10(9)8-11/h9-11H,2-8H2,1H3,(H2,15,18). The maximum absolute atomic E-state index is 12.4. The first-order chi connectivity index (χ1) is 8.49. The van der Waals surface area contributed by atoms with Crippen LogP contribution in [0.3, 0.4) is 0 Å². The molecule has 2 aliphatic carbocycles. The summed E-state index contributed by atoms with van der Waals surface area (Å²) in [5, 5.41) is 0. The van der Waals surface area contributed by atoms with Gasteiger partial charge in [0.1, 0.15) is 0 Å². The van der Waals surface area contributed by atoms with Gasteiger partial charge in [0.15, 0.2) is 0 Å². The Morgan fingerprint density at radius 2 is 1.78 bits per heavy atom. The van der Waals surface area contributed by atoms with E-state index >= 15 is 0 Å². The minimum atomic E-state index is -0.0378. The van der Waals surface area contributed by atoms with Gasteiger partial charge in [-0.05, 0) is 43.9 Å². The summed E-state index contributed by atoms with van der Waals surface area (Å²) in [7, 11) is 0. The molecule has 3 nitrogen and oxygen atoms in total. The van der Waals surface area contributed by atoms with Crippen molar-refractivity contribution in [1.29, 1.82) is 0 Å². The van der Waals surface area contributed by atoms with Crippen LogP contribution in [-0.2, 0) is 4.79 Å². The van der Waals surface area contributed by atoms with Crippen LogP contribution in [0.2, 0.25) is 0 Å². The number of nitrogens with zero attached hydrogens (tertiary/aromatic N) is 1. The Morgan fingerprint density at radius 1 is 1.22 bits per heavy atom. The van der Waals surface area contributed by atoms with E-state index in [0.29, 0.717) is 16.8 Å². The molecule has 0 spiro atoms. The van der Waals surface area contributed by atoms with Gasteiger partial charge in [-0.3, -0.25) is 4.79 Å². The number of piperidine rings is 1. The highest BCUT2D eigenvalue weighted by atomic mass is 32.1. The van der Waals surface area contributed by atoms with E-state index in [1.54, 1.807) is 0 Å². The van der Waals surface area contributed by atoms with Gasteiger partial charge < -0.3 is 10.6 Å². The van der Waals surface area contributed by atoms with Crippen molar-refractivity contribution in [2.75, 3.05) is 13.1 Å². The third kappa shape index (κ3) is 2.04. The molecule has 1 amide bonds. The van der Waals surface area contributed by atoms with E-state index in [1.165, 1.54) is 6.42 Å². The van der Waals surface area contributed by atoms with Crippen molar-refractivity contribution in [3.8, 4) is 0 Å². The van der Waals surface area contributed by atoms with Crippen LogP contribution in [-0.4, -0.2) is 28.9 Å². The van der Waals surface area contributed by atoms with E-state index in [0.717, 1.165) is 50.6 Å². The van der Waals surface area contributed by atoms with Gasteiger partial charge in [-0.25, -0.2) is 0 Å². The molecule has 0 radical (unpaired) electrons. The van der Waals surface area contributed by atoms with Crippen molar-refractivity contribution < 1.29 is 4.79 Å². The van der Waals surface area contributed by atoms with Gasteiger partial charge in [-0.15, -0.1) is 0 Å². The van der Waals surface area contributed by atoms with Crippen molar-refractivity contribution in [3.63, 3.8) is 0 Å². The zero-order valence-electron chi connectivity index (χ0n) is 11.0. The average Bonchev–Trinajstić information content (AvgIpc) is 2.96. The van der Waals surface area contributed by atoms with E-state index < -0.39 is 0 Å². The maximum Gasteiger partial charge on any atom is 0.225 e. The monoisotopic (exact) mass is 266 g/mol. The van der Waals surface area contributed by atoms with Crippen LogP contribution < -0.4 is 5.73 Å². The molecule has 3 fully saturated rings. The molecule has 2 unspecified atom stereocenters. The fourth-order valence-corrected chi connectivity index (χ4v) is 3.85. The minimum Gasteiger partial charge on any atom is -0.393 e. The zero-order valence-corrected chi connectivity index (χ0v) is 11.8. The number of thiocarbonyl (C=S) groups is 1. The molecule has 3 aliphatic rings. The molecule has 0 aromatic heterocycles. The summed E-state index contributed by atoms with van der Waals surface area (Å²) >= 11 is 5.14. The summed E-state index contributed by atoms with van der Waals surface area (Å²) in [6, 6.07) is 0. The summed E-state index contributed by atoms with van der Waals surface area (Å²) in [6.07, 6.45) is 5.52. The van der Waals surface area contributed by atoms with Crippen molar-refractivity contribution in [2.24, 2.45) is 28.9 Å². The molecule has 3 rings (SSSR count). The topological polar surface area (TPSA) is 46.3 Å². The molecule has 0 aromatic rings. The molecule has 2 saturated carbocycles. The quantitative estimate of drug-likeness (QED) is 0.777. The number of hydrogen-bond donors (Lipinski definition) is 1. The lowest BCUT2D eigenvalue weighted by atomic mass is 9.80. The smallest absolute Gasteiger partial charge is 0.225 e. The van der Waals surface area contributed by atoms with Crippen LogP contribution in [0.5, 0.6) is 0 Å². The number of carbonyl (C=O) groups excluding carboxylic acids is 1. The Morgan fingerprint density at radius 3 is 2.28 bits per heavy atom. The minimum absolute atomic E-state index is 0.0378. The fourth-order valence-electron chi connectivity index (χ4n) is 3.64. The van der Waals surface area contributed by atoms with Gasteiger partial charge in [0.2, 0.25) is 5.91 Å². The predicted octanol–water partition coefficient (Wildman–Crippen LogP) is 1.95. The normalized spacial score (nSPS) is 37.2. The number of fused-ring (bicyclic) bond motifs is 1. The number of amides is 1. The molecule has 1 aliphatic heterocycles. The van der Waals surface area contributed by atoms with Crippen LogP contribution in [0.4, 0.5) is 0 Å². The first kappa shape index (κ1) is 12.4. The summed E-state index contributed by atoms with van der Waals surface area (Å²) in [5.74, 6) is 2.48. The highest BCUT2D eigenvalue weighted by Gasteiger charge is 2.49. The summed E-state index contributed by atoms with van der Waals surface area (Å²) in [5.41, 5.74) is 5.76. The number of hydrogen-bond acceptors (Lipinski definition) is 2. The van der Waals surface area contributed by atoms with Crippen LogP contribution in [0.15, 0.2) is 0 Å². The molecule has 0 bridgehead atoms. The highest BCUT2D eigenvalue weighted by molar-refractivity contribution is 7.80. The molecular formula is C14H22N2OS. The van der Waals surface area contributed by atoms with E-state index in [4.69, 9.17) is 18.0 Å². The van der Waals surface area contributed by atoms with Gasteiger partial charge >= 0.3 is 0 Å². The van der Waals surface area contributed by atoms with E-state index in [2.05, 4.69) is 11.8 Å². The maximum atomic E-state index is 12.4. The summed E-state index contributed by atoms with van der Waals surface area (Å²) in [6.45, 7) is 3.79. The third-order valence-electron chi connectivity index (χ3n) is 5.37. The van der Waals surface area contributed by atoms with Crippen molar-refractivity contribution >= 4 is 23.1 Å². The molecule has 1 heterocycles.